The minimum absolute atomic E-state index is 0.0844. The molecule has 122 valence electrons. The van der Waals surface area contributed by atoms with Gasteiger partial charge in [-0.1, -0.05) is 13.8 Å². The van der Waals surface area contributed by atoms with Crippen LogP contribution in [0.4, 0.5) is 0 Å². The van der Waals surface area contributed by atoms with E-state index in [0.717, 1.165) is 52.0 Å². The van der Waals surface area contributed by atoms with Gasteiger partial charge in [-0.25, -0.2) is 4.79 Å². The molecule has 2 atom stereocenters. The molecule has 1 heterocycles. The lowest BCUT2D eigenvalue weighted by molar-refractivity contribution is -0.151. The number of likely N-dealkylation sites (N-methyl/N-ethyl adjacent to an activating group) is 2. The summed E-state index contributed by atoms with van der Waals surface area (Å²) in [5, 5.41) is 3.47. The first-order valence-electron chi connectivity index (χ1n) is 8.33. The molecule has 1 N–H and O–H groups in total. The van der Waals surface area contributed by atoms with Crippen LogP contribution in [0.3, 0.4) is 0 Å². The van der Waals surface area contributed by atoms with Gasteiger partial charge in [-0.3, -0.25) is 4.90 Å². The second-order valence-electron chi connectivity index (χ2n) is 6.55. The molecule has 0 aromatic heterocycles. The molecule has 1 saturated heterocycles. The first-order chi connectivity index (χ1) is 10.1. The summed E-state index contributed by atoms with van der Waals surface area (Å²) in [5.41, 5.74) is -0.502. The summed E-state index contributed by atoms with van der Waals surface area (Å²) < 4.78 is 5.15. The molecule has 0 aromatic rings. The predicted molar refractivity (Wildman–Crippen MR) is 84.3 cm³/mol. The molecule has 0 radical (unpaired) electrons. The summed E-state index contributed by atoms with van der Waals surface area (Å²) in [6.45, 7) is 9.04. The van der Waals surface area contributed by atoms with Gasteiger partial charge in [-0.05, 0) is 38.8 Å². The van der Waals surface area contributed by atoms with Crippen LogP contribution < -0.4 is 5.32 Å². The largest absolute Gasteiger partial charge is 0.468 e. The Labute approximate surface area is 129 Å². The first-order valence-corrected chi connectivity index (χ1v) is 8.33. The Morgan fingerprint density at radius 1 is 1.33 bits per heavy atom. The maximum absolute atomic E-state index is 12.5. The fourth-order valence-corrected chi connectivity index (χ4v) is 3.65. The maximum atomic E-state index is 12.5. The van der Waals surface area contributed by atoms with Crippen molar-refractivity contribution in [1.82, 2.24) is 15.1 Å². The lowest BCUT2D eigenvalue weighted by Gasteiger charge is -2.43. The number of rotatable bonds is 7. The number of esters is 1. The van der Waals surface area contributed by atoms with Crippen LogP contribution in [0.25, 0.3) is 0 Å². The van der Waals surface area contributed by atoms with Crippen molar-refractivity contribution in [3.63, 3.8) is 0 Å². The third-order valence-electron chi connectivity index (χ3n) is 5.12. The third-order valence-corrected chi connectivity index (χ3v) is 5.12. The molecule has 5 heteroatoms. The zero-order chi connectivity index (χ0) is 15.5. The molecule has 21 heavy (non-hydrogen) atoms. The Hall–Kier alpha value is -0.650. The van der Waals surface area contributed by atoms with E-state index >= 15 is 0 Å². The fourth-order valence-electron chi connectivity index (χ4n) is 3.65. The predicted octanol–water partition coefficient (Wildman–Crippen LogP) is 0.944. The Bertz CT molecular complexity index is 359. The van der Waals surface area contributed by atoms with E-state index in [9.17, 15) is 4.79 Å². The smallest absolute Gasteiger partial charge is 0.327 e. The van der Waals surface area contributed by atoms with Crippen molar-refractivity contribution >= 4 is 5.97 Å². The Morgan fingerprint density at radius 2 is 2.05 bits per heavy atom. The van der Waals surface area contributed by atoms with Crippen LogP contribution in [-0.2, 0) is 9.53 Å². The third kappa shape index (κ3) is 3.58. The number of nitrogens with zero attached hydrogens (tertiary/aromatic N) is 2. The highest BCUT2D eigenvalue weighted by molar-refractivity contribution is 5.82. The molecule has 0 bridgehead atoms. The molecule has 2 aliphatic rings. The van der Waals surface area contributed by atoms with Crippen LogP contribution >= 0.6 is 0 Å². The number of hydrogen-bond acceptors (Lipinski definition) is 5. The van der Waals surface area contributed by atoms with E-state index < -0.39 is 5.54 Å². The van der Waals surface area contributed by atoms with Gasteiger partial charge in [0, 0.05) is 32.2 Å². The van der Waals surface area contributed by atoms with E-state index in [1.807, 2.05) is 0 Å². The second-order valence-corrected chi connectivity index (χ2v) is 6.55. The molecule has 1 aliphatic carbocycles. The monoisotopic (exact) mass is 297 g/mol. The van der Waals surface area contributed by atoms with Gasteiger partial charge in [0.2, 0.25) is 0 Å². The van der Waals surface area contributed by atoms with Crippen molar-refractivity contribution in [2.75, 3.05) is 46.9 Å². The molecule has 2 rings (SSSR count). The summed E-state index contributed by atoms with van der Waals surface area (Å²) in [7, 11) is 3.71. The van der Waals surface area contributed by atoms with Crippen molar-refractivity contribution in [3.05, 3.63) is 0 Å². The number of nitrogens with one attached hydrogen (secondary N) is 1. The highest BCUT2D eigenvalue weighted by atomic mass is 16.5. The maximum Gasteiger partial charge on any atom is 0.327 e. The number of ether oxygens (including phenoxy) is 1. The first kappa shape index (κ1) is 16.7. The Balaban J connectivity index is 2.09. The summed E-state index contributed by atoms with van der Waals surface area (Å²) >= 11 is 0. The lowest BCUT2D eigenvalue weighted by atomic mass is 9.91. The number of hydrogen-bond donors (Lipinski definition) is 1. The normalized spacial score (nSPS) is 27.3. The molecule has 0 aromatic carbocycles. The van der Waals surface area contributed by atoms with Gasteiger partial charge >= 0.3 is 5.97 Å². The highest BCUT2D eigenvalue weighted by Gasteiger charge is 2.52. The summed E-state index contributed by atoms with van der Waals surface area (Å²) in [4.78, 5) is 17.4. The average Bonchev–Trinajstić information content (AvgIpc) is 3.32. The van der Waals surface area contributed by atoms with E-state index in [-0.39, 0.29) is 5.97 Å². The van der Waals surface area contributed by atoms with E-state index in [0.29, 0.717) is 12.0 Å². The van der Waals surface area contributed by atoms with Crippen molar-refractivity contribution in [1.29, 1.82) is 0 Å². The molecular weight excluding hydrogens is 266 g/mol. The fraction of sp³-hybridized carbons (Fsp3) is 0.938. The van der Waals surface area contributed by atoms with Crippen molar-refractivity contribution in [3.8, 4) is 0 Å². The van der Waals surface area contributed by atoms with Crippen molar-refractivity contribution in [2.24, 2.45) is 5.92 Å². The number of carbonyl (C=O) groups excluding carboxylic acids is 1. The Morgan fingerprint density at radius 3 is 2.57 bits per heavy atom. The zero-order valence-electron chi connectivity index (χ0n) is 14.0. The highest BCUT2D eigenvalue weighted by Crippen LogP contribution is 2.41. The molecular formula is C16H31N3O2. The molecule has 2 unspecified atom stereocenters. The molecule has 1 aliphatic heterocycles. The van der Waals surface area contributed by atoms with Gasteiger partial charge in [0.15, 0.2) is 0 Å². The van der Waals surface area contributed by atoms with Gasteiger partial charge in [0.25, 0.3) is 0 Å². The van der Waals surface area contributed by atoms with Gasteiger partial charge in [-0.2, -0.15) is 0 Å². The summed E-state index contributed by atoms with van der Waals surface area (Å²) in [6.07, 6.45) is 3.42. The molecule has 0 amide bonds. The minimum atomic E-state index is -0.502. The van der Waals surface area contributed by atoms with Crippen LogP contribution in [-0.4, -0.2) is 74.2 Å². The van der Waals surface area contributed by atoms with E-state index in [4.69, 9.17) is 4.74 Å². The molecule has 2 fully saturated rings. The van der Waals surface area contributed by atoms with Crippen LogP contribution in [0.15, 0.2) is 0 Å². The van der Waals surface area contributed by atoms with Crippen molar-refractivity contribution < 1.29 is 9.53 Å². The van der Waals surface area contributed by atoms with Crippen LogP contribution in [0, 0.1) is 5.92 Å². The van der Waals surface area contributed by atoms with E-state index in [1.165, 1.54) is 7.11 Å². The lowest BCUT2D eigenvalue weighted by Crippen LogP contribution is -2.64. The van der Waals surface area contributed by atoms with Gasteiger partial charge in [0.05, 0.1) is 7.11 Å². The van der Waals surface area contributed by atoms with Crippen LogP contribution in [0.5, 0.6) is 0 Å². The van der Waals surface area contributed by atoms with Crippen LogP contribution in [0.1, 0.15) is 33.1 Å². The number of methoxy groups -OCH3 is 1. The Kier molecular flexibility index (Phi) is 5.63. The van der Waals surface area contributed by atoms with E-state index in [2.05, 4.69) is 36.0 Å². The molecule has 0 spiro atoms. The number of piperazine rings is 1. The average molecular weight is 297 g/mol. The molecule has 1 saturated carbocycles. The minimum Gasteiger partial charge on any atom is -0.468 e. The quantitative estimate of drug-likeness (QED) is 0.709. The van der Waals surface area contributed by atoms with Gasteiger partial charge in [0.1, 0.15) is 5.54 Å². The van der Waals surface area contributed by atoms with Gasteiger partial charge in [-0.15, -0.1) is 0 Å². The zero-order valence-corrected chi connectivity index (χ0v) is 14.0. The second kappa shape index (κ2) is 7.07. The van der Waals surface area contributed by atoms with Crippen LogP contribution in [0.2, 0.25) is 0 Å². The summed E-state index contributed by atoms with van der Waals surface area (Å²) in [6, 6.07) is 0.593. The van der Waals surface area contributed by atoms with E-state index in [1.54, 1.807) is 0 Å². The summed E-state index contributed by atoms with van der Waals surface area (Å²) in [5.74, 6) is 0.350. The van der Waals surface area contributed by atoms with Crippen molar-refractivity contribution in [2.45, 2.75) is 44.7 Å². The topological polar surface area (TPSA) is 44.8 Å². The number of carbonyl (C=O) groups is 1. The van der Waals surface area contributed by atoms with Gasteiger partial charge < -0.3 is 15.0 Å². The molecule has 5 nitrogen and oxygen atoms in total. The SMILES string of the molecule is CCNC(CN1CCN(C)C(CC)C1)(C(=O)OC)C1CC1. The standard InChI is InChI=1S/C16H31N3O2/c1-5-14-11-19(10-9-18(14)3)12-16(17-6-2,13-7-8-13)15(20)21-4/h13-14,17H,5-12H2,1-4H3.